The van der Waals surface area contributed by atoms with Crippen LogP contribution in [0.1, 0.15) is 51.8 Å². The van der Waals surface area contributed by atoms with Crippen LogP contribution in [0, 0.1) is 5.41 Å². The van der Waals surface area contributed by atoms with Crippen LogP contribution in [0.2, 0.25) is 0 Å². The van der Waals surface area contributed by atoms with Gasteiger partial charge in [0.15, 0.2) is 0 Å². The number of nitrogens with zero attached hydrogens (tertiary/aromatic N) is 2. The Bertz CT molecular complexity index is 421. The summed E-state index contributed by atoms with van der Waals surface area (Å²) in [4.78, 5) is 4.15. The molecule has 5 heteroatoms. The molecule has 2 N–H and O–H groups in total. The van der Waals surface area contributed by atoms with Gasteiger partial charge in [0.25, 0.3) is 0 Å². The summed E-state index contributed by atoms with van der Waals surface area (Å²) in [5.41, 5.74) is 0.555. The van der Waals surface area contributed by atoms with Crippen molar-refractivity contribution in [2.45, 2.75) is 64.0 Å². The molecule has 1 saturated heterocycles. The monoisotopic (exact) mass is 278 g/mol. The van der Waals surface area contributed by atoms with Crippen LogP contribution in [0.3, 0.4) is 0 Å². The smallest absolute Gasteiger partial charge is 0.137 e. The number of H-pyrrole nitrogens is 1. The third-order valence-corrected chi connectivity index (χ3v) is 4.88. The van der Waals surface area contributed by atoms with Crippen molar-refractivity contribution >= 4 is 0 Å². The Kier molecular flexibility index (Phi) is 3.82. The normalized spacial score (nSPS) is 32.8. The molecule has 1 aliphatic carbocycles. The van der Waals surface area contributed by atoms with Gasteiger partial charge in [-0.3, -0.25) is 5.10 Å². The molecule has 1 saturated carbocycles. The highest BCUT2D eigenvalue weighted by molar-refractivity contribution is 4.97. The molecule has 20 heavy (non-hydrogen) atoms. The van der Waals surface area contributed by atoms with Gasteiger partial charge >= 0.3 is 0 Å². The zero-order valence-electron chi connectivity index (χ0n) is 12.6. The van der Waals surface area contributed by atoms with Gasteiger partial charge in [0.2, 0.25) is 0 Å². The molecule has 0 atom stereocenters. The number of aromatic nitrogens is 3. The largest absolute Gasteiger partial charge is 0.375 e. The van der Waals surface area contributed by atoms with E-state index in [1.165, 1.54) is 32.1 Å². The summed E-state index contributed by atoms with van der Waals surface area (Å²) in [5, 5.41) is 10.4. The maximum Gasteiger partial charge on any atom is 0.137 e. The lowest BCUT2D eigenvalue weighted by molar-refractivity contribution is 0.0278. The van der Waals surface area contributed by atoms with Gasteiger partial charge in [-0.1, -0.05) is 0 Å². The van der Waals surface area contributed by atoms with Crippen molar-refractivity contribution in [3.8, 4) is 0 Å². The molecule has 0 bridgehead atoms. The Balaban J connectivity index is 1.40. The predicted octanol–water partition coefficient (Wildman–Crippen LogP) is 2.06. The summed E-state index contributed by atoms with van der Waals surface area (Å²) < 4.78 is 5.96. The van der Waals surface area contributed by atoms with Gasteiger partial charge in [0.05, 0.1) is 12.2 Å². The first-order valence-electron chi connectivity index (χ1n) is 7.79. The Labute approximate surface area is 120 Å². The molecule has 0 unspecified atom stereocenters. The molecule has 1 aromatic heterocycles. The van der Waals surface area contributed by atoms with Gasteiger partial charge in [-0.05, 0) is 51.4 Å². The summed E-state index contributed by atoms with van der Waals surface area (Å²) in [5.74, 6) is 0.968. The van der Waals surface area contributed by atoms with Crippen molar-refractivity contribution in [2.75, 3.05) is 13.2 Å². The number of hydrogen-bond donors (Lipinski definition) is 2. The molecule has 2 heterocycles. The van der Waals surface area contributed by atoms with E-state index >= 15 is 0 Å². The first kappa shape index (κ1) is 14.0. The van der Waals surface area contributed by atoms with Crippen molar-refractivity contribution in [2.24, 2.45) is 5.41 Å². The molecule has 0 amide bonds. The average molecular weight is 278 g/mol. The molecule has 2 fully saturated rings. The average Bonchev–Trinajstić information content (AvgIpc) is 3.01. The van der Waals surface area contributed by atoms with E-state index in [-0.39, 0.29) is 5.60 Å². The van der Waals surface area contributed by atoms with Crippen LogP contribution in [0.15, 0.2) is 6.33 Å². The second-order valence-corrected chi connectivity index (χ2v) is 7.14. The maximum atomic E-state index is 5.96. The highest BCUT2D eigenvalue weighted by Gasteiger charge is 2.45. The summed E-state index contributed by atoms with van der Waals surface area (Å²) >= 11 is 0. The number of rotatable bonds is 4. The Morgan fingerprint density at radius 2 is 2.20 bits per heavy atom. The van der Waals surface area contributed by atoms with Crippen LogP contribution in [-0.2, 0) is 11.2 Å². The second kappa shape index (κ2) is 5.45. The van der Waals surface area contributed by atoms with E-state index in [4.69, 9.17) is 4.74 Å². The topological polar surface area (TPSA) is 62.8 Å². The number of ether oxygens (including phenoxy) is 1. The molecule has 1 spiro atoms. The summed E-state index contributed by atoms with van der Waals surface area (Å²) in [6.45, 7) is 6.40. The summed E-state index contributed by atoms with van der Waals surface area (Å²) in [7, 11) is 0. The lowest BCUT2D eigenvalue weighted by Crippen LogP contribution is -2.39. The minimum Gasteiger partial charge on any atom is -0.375 e. The van der Waals surface area contributed by atoms with E-state index in [0.717, 1.165) is 25.4 Å². The van der Waals surface area contributed by atoms with Gasteiger partial charge in [-0.2, -0.15) is 5.10 Å². The number of nitrogens with one attached hydrogen (secondary N) is 2. The highest BCUT2D eigenvalue weighted by atomic mass is 16.5. The van der Waals surface area contributed by atoms with Crippen LogP contribution < -0.4 is 5.32 Å². The Morgan fingerprint density at radius 3 is 2.80 bits per heavy atom. The zero-order chi connectivity index (χ0) is 14.1. The molecule has 0 radical (unpaired) electrons. The van der Waals surface area contributed by atoms with E-state index in [2.05, 4.69) is 34.3 Å². The predicted molar refractivity (Wildman–Crippen MR) is 77.4 cm³/mol. The molecule has 1 aromatic rings. The fourth-order valence-corrected chi connectivity index (χ4v) is 3.85. The fraction of sp³-hybridized carbons (Fsp3) is 0.867. The molecule has 3 rings (SSSR count). The van der Waals surface area contributed by atoms with E-state index in [1.54, 1.807) is 6.33 Å². The zero-order valence-corrected chi connectivity index (χ0v) is 12.6. The van der Waals surface area contributed by atoms with Crippen molar-refractivity contribution in [3.63, 3.8) is 0 Å². The standard InChI is InChI=1S/C15H26N4O/c1-14(2)9-15(10-20-14)6-3-12(4-7-15)16-8-5-13-17-11-18-19-13/h11-12,16H,3-10H2,1-2H3,(H,17,18,19). The molecule has 1 aliphatic heterocycles. The van der Waals surface area contributed by atoms with Crippen molar-refractivity contribution in [1.82, 2.24) is 20.5 Å². The minimum atomic E-state index is 0.0898. The van der Waals surface area contributed by atoms with Gasteiger partial charge in [0.1, 0.15) is 12.2 Å². The van der Waals surface area contributed by atoms with Crippen molar-refractivity contribution in [1.29, 1.82) is 0 Å². The van der Waals surface area contributed by atoms with E-state index in [1.807, 2.05) is 0 Å². The van der Waals surface area contributed by atoms with Crippen LogP contribution >= 0.6 is 0 Å². The van der Waals surface area contributed by atoms with E-state index in [9.17, 15) is 0 Å². The fourth-order valence-electron chi connectivity index (χ4n) is 3.85. The lowest BCUT2D eigenvalue weighted by Gasteiger charge is -2.37. The first-order chi connectivity index (χ1) is 9.57. The second-order valence-electron chi connectivity index (χ2n) is 7.14. The third kappa shape index (κ3) is 3.20. The van der Waals surface area contributed by atoms with Crippen LogP contribution in [0.5, 0.6) is 0 Å². The van der Waals surface area contributed by atoms with Gasteiger partial charge in [0, 0.05) is 19.0 Å². The van der Waals surface area contributed by atoms with Crippen molar-refractivity contribution < 1.29 is 4.74 Å². The SMILES string of the molecule is CC1(C)CC2(CCC(NCCc3ncn[nH]3)CC2)CO1. The van der Waals surface area contributed by atoms with Gasteiger partial charge in [-0.15, -0.1) is 0 Å². The molecule has 112 valence electrons. The summed E-state index contributed by atoms with van der Waals surface area (Å²) in [6.07, 6.45) is 8.88. The quantitative estimate of drug-likeness (QED) is 0.885. The number of aromatic amines is 1. The minimum absolute atomic E-state index is 0.0898. The van der Waals surface area contributed by atoms with Gasteiger partial charge < -0.3 is 10.1 Å². The lowest BCUT2D eigenvalue weighted by atomic mass is 9.70. The molecular weight excluding hydrogens is 252 g/mol. The Morgan fingerprint density at radius 1 is 1.40 bits per heavy atom. The molecular formula is C15H26N4O. The van der Waals surface area contributed by atoms with Crippen molar-refractivity contribution in [3.05, 3.63) is 12.2 Å². The molecule has 2 aliphatic rings. The van der Waals surface area contributed by atoms with Gasteiger partial charge in [-0.25, -0.2) is 4.98 Å². The highest BCUT2D eigenvalue weighted by Crippen LogP contribution is 2.48. The third-order valence-electron chi connectivity index (χ3n) is 4.88. The molecule has 0 aromatic carbocycles. The van der Waals surface area contributed by atoms with Crippen LogP contribution in [-0.4, -0.2) is 40.0 Å². The Hall–Kier alpha value is -0.940. The summed E-state index contributed by atoms with van der Waals surface area (Å²) in [6, 6.07) is 0.659. The van der Waals surface area contributed by atoms with E-state index < -0.39 is 0 Å². The maximum absolute atomic E-state index is 5.96. The van der Waals surface area contributed by atoms with Crippen LogP contribution in [0.4, 0.5) is 0 Å². The molecule has 5 nitrogen and oxygen atoms in total. The van der Waals surface area contributed by atoms with E-state index in [0.29, 0.717) is 11.5 Å². The number of hydrogen-bond acceptors (Lipinski definition) is 4. The van der Waals surface area contributed by atoms with Crippen LogP contribution in [0.25, 0.3) is 0 Å². The first-order valence-corrected chi connectivity index (χ1v) is 7.79.